The van der Waals surface area contributed by atoms with Gasteiger partial charge >= 0.3 is 0 Å². The van der Waals surface area contributed by atoms with E-state index in [0.717, 1.165) is 108 Å². The van der Waals surface area contributed by atoms with Crippen LogP contribution in [-0.4, -0.2) is 81.2 Å². The zero-order valence-electron chi connectivity index (χ0n) is 71.2. The van der Waals surface area contributed by atoms with Crippen LogP contribution >= 0.6 is 15.9 Å². The van der Waals surface area contributed by atoms with Crippen molar-refractivity contribution >= 4 is 166 Å². The number of anilines is 23. The van der Waals surface area contributed by atoms with Crippen molar-refractivity contribution in [3.63, 3.8) is 0 Å². The number of para-hydroxylation sites is 3. The second kappa shape index (κ2) is 46.9. The Morgan fingerprint density at radius 3 is 1.10 bits per heavy atom. The highest BCUT2D eigenvalue weighted by molar-refractivity contribution is 9.10. The number of aromatic nitrogens is 10. The number of hydrogen-bond donors (Lipinski definition) is 11. The molecule has 16 aromatic rings. The Morgan fingerprint density at radius 2 is 0.682 bits per heavy atom. The van der Waals surface area contributed by atoms with Gasteiger partial charge in [-0.05, 0) is 212 Å². The first-order chi connectivity index (χ1) is 64.5. The highest BCUT2D eigenvalue weighted by atomic mass is 79.9. The molecular weight excluding hydrogens is 1720 g/mol. The lowest BCUT2D eigenvalue weighted by molar-refractivity contribution is -0.112. The van der Waals surface area contributed by atoms with E-state index in [-0.39, 0.29) is 17.7 Å². The van der Waals surface area contributed by atoms with Crippen LogP contribution in [-0.2, 0) is 20.8 Å². The Balaban J connectivity index is 0.000000141. The van der Waals surface area contributed by atoms with Crippen molar-refractivity contribution in [1.29, 1.82) is 0 Å². The van der Waals surface area contributed by atoms with Crippen molar-refractivity contribution in [2.75, 3.05) is 81.9 Å². The Hall–Kier alpha value is -18.6. The molecule has 5 aromatic heterocycles. The minimum Gasteiger partial charge on any atom is -0.457 e. The molecule has 1 aliphatic rings. The maximum Gasteiger partial charge on any atom is 0.247 e. The van der Waals surface area contributed by atoms with Gasteiger partial charge in [-0.3, -0.25) is 14.4 Å². The van der Waals surface area contributed by atoms with E-state index in [1.54, 1.807) is 24.5 Å². The van der Waals surface area contributed by atoms with Crippen molar-refractivity contribution in [3.05, 3.63) is 406 Å². The minimum atomic E-state index is -0.268. The number of benzene rings is 11. The number of nitrogens with zero attached hydrogens (tertiary/aromatic N) is 12. The maximum absolute atomic E-state index is 11.5. The van der Waals surface area contributed by atoms with Gasteiger partial charge in [0, 0.05) is 139 Å². The number of terminal acetylenes is 3. The van der Waals surface area contributed by atoms with E-state index < -0.39 is 0 Å². The summed E-state index contributed by atoms with van der Waals surface area (Å²) >= 11 is 3.45. The maximum atomic E-state index is 11.5. The summed E-state index contributed by atoms with van der Waals surface area (Å²) in [6.07, 6.45) is 28.5. The van der Waals surface area contributed by atoms with Gasteiger partial charge in [0.1, 0.15) is 101 Å². The van der Waals surface area contributed by atoms with Crippen LogP contribution in [0.2, 0.25) is 0 Å². The number of amides is 3. The highest BCUT2D eigenvalue weighted by Gasteiger charge is 2.22. The molecule has 0 fully saturated rings. The summed E-state index contributed by atoms with van der Waals surface area (Å²) in [5.74, 6) is 15.5. The lowest BCUT2D eigenvalue weighted by atomic mass is 10.2. The van der Waals surface area contributed by atoms with Crippen molar-refractivity contribution in [3.8, 4) is 48.5 Å². The highest BCUT2D eigenvalue weighted by Crippen LogP contribution is 2.36. The second-order valence-electron chi connectivity index (χ2n) is 28.3. The molecule has 1 aliphatic heterocycles. The van der Waals surface area contributed by atoms with Gasteiger partial charge in [0.15, 0.2) is 0 Å². The summed E-state index contributed by atoms with van der Waals surface area (Å²) in [5.41, 5.74) is 14.8. The molecule has 11 N–H and O–H groups in total. The molecule has 0 bridgehead atoms. The number of nitrogens with one attached hydrogen (secondary N) is 11. The number of halogens is 1. The average Bonchev–Trinajstić information content (AvgIpc) is 1.65. The monoisotopic (exact) mass is 1800 g/mol. The standard InChI is InChI=1S/C25H21N5O2.C21H19N5O.C20H19N5O.C20H14N4.C18H13BrN4/c1-2-25(31)30-20-8-6-7-19(15-20)29-24-16-23(26-17-27-24)28-18-11-13-22(14-12-18)32-21-9-4-3-5-10-21;1-2-21(27)25-17-8-5-7-16(12-17)24-19-13-20(23-14-22-19)26-11-10-15-6-3-4-9-18(15)26;1-3-20(26)24-16-9-7-8-15(12-16)23-18-13-19(22-14-21-18)25(2)17-10-5-4-6-11-17;1-3-15-7-5-9-17(11-15)23-19-13-20(22-14-21-19)24-18-10-6-8-16(4-2)12-18;1-2-13-5-3-7-15(9-13)22-17-11-18(21-12-20-17)23-16-8-4-6-14(19)10-16/h2-17H,1H2,(H,30,31)(H2,26,27,28,29);2-9,12-14H,1,10-11H2,(H,25,27)(H,22,23,24);3-14H,1H2,2H3,(H,24,26)(H,21,22,23);1-2,5-14H,(H2,21,22,23,24);1,3-12H,(H2,20,21,22,23). The van der Waals surface area contributed by atoms with Crippen molar-refractivity contribution in [2.45, 2.75) is 6.42 Å². The second-order valence-corrected chi connectivity index (χ2v) is 29.2. The number of carbonyl (C=O) groups excluding carboxylic acids is 3. The SMILES string of the molecule is C#Cc1cccc(Nc2cc(Nc3cccc(Br)c3)ncn2)c1.C#Cc1cccc(Nc2cc(Nc3cccc(C#C)c3)ncn2)c1.C=CC(=O)Nc1cccc(Nc2cc(N(C)c3ccccc3)ncn2)c1.C=CC(=O)Nc1cccc(Nc2cc(N3CCc4ccccc43)ncn2)c1.C=CC(=O)Nc1cccc(Nc2cc(Nc3ccc(Oc4ccccc4)cc3)ncn2)c1. The molecule has 0 spiro atoms. The molecule has 0 aliphatic carbocycles. The summed E-state index contributed by atoms with van der Waals surface area (Å²) in [5, 5.41) is 34.0. The van der Waals surface area contributed by atoms with Gasteiger partial charge in [-0.25, -0.2) is 49.8 Å². The van der Waals surface area contributed by atoms with Crippen LogP contribution in [0.5, 0.6) is 11.5 Å². The molecule has 0 unspecified atom stereocenters. The zero-order valence-corrected chi connectivity index (χ0v) is 72.8. The van der Waals surface area contributed by atoms with Gasteiger partial charge in [0.2, 0.25) is 17.7 Å². The Bertz CT molecular complexity index is 6760. The van der Waals surface area contributed by atoms with Crippen LogP contribution in [0, 0.1) is 37.0 Å². The van der Waals surface area contributed by atoms with Gasteiger partial charge < -0.3 is 73.0 Å². The topological polar surface area (TPSA) is 328 Å². The predicted molar refractivity (Wildman–Crippen MR) is 534 cm³/mol. The van der Waals surface area contributed by atoms with E-state index >= 15 is 0 Å². The first-order valence-electron chi connectivity index (χ1n) is 40.9. The lowest BCUT2D eigenvalue weighted by Crippen LogP contribution is -2.15. The van der Waals surface area contributed by atoms with Gasteiger partial charge in [-0.1, -0.05) is 150 Å². The third-order valence-electron chi connectivity index (χ3n) is 18.8. The van der Waals surface area contributed by atoms with Crippen molar-refractivity contribution in [2.24, 2.45) is 0 Å². The summed E-state index contributed by atoms with van der Waals surface area (Å²) in [6.45, 7) is 11.3. The van der Waals surface area contributed by atoms with Gasteiger partial charge in [-0.2, -0.15) is 0 Å². The fraction of sp³-hybridized carbons (Fsp3) is 0.0288. The van der Waals surface area contributed by atoms with E-state index in [1.807, 2.05) is 285 Å². The van der Waals surface area contributed by atoms with Gasteiger partial charge in [0.25, 0.3) is 0 Å². The Morgan fingerprint density at radius 1 is 0.348 bits per heavy atom. The molecule has 648 valence electrons. The van der Waals surface area contributed by atoms with Crippen molar-refractivity contribution < 1.29 is 19.1 Å². The van der Waals surface area contributed by atoms with E-state index in [2.05, 4.69) is 185 Å². The lowest BCUT2D eigenvalue weighted by Gasteiger charge is -2.18. The molecule has 0 saturated carbocycles. The number of carbonyl (C=O) groups is 3. The first kappa shape index (κ1) is 91.1. The first-order valence-corrected chi connectivity index (χ1v) is 41.6. The molecule has 6 heterocycles. The summed E-state index contributed by atoms with van der Waals surface area (Å²) < 4.78 is 6.82. The van der Waals surface area contributed by atoms with E-state index in [0.29, 0.717) is 63.6 Å². The molecular formula is C104H86BrN23O4. The van der Waals surface area contributed by atoms with Crippen LogP contribution in [0.3, 0.4) is 0 Å². The quantitative estimate of drug-likeness (QED) is 0.0168. The molecule has 27 nitrogen and oxygen atoms in total. The van der Waals surface area contributed by atoms with E-state index in [1.165, 1.54) is 54.8 Å². The minimum absolute atomic E-state index is 0.246. The van der Waals surface area contributed by atoms with E-state index in [9.17, 15) is 14.4 Å². The fourth-order valence-corrected chi connectivity index (χ4v) is 13.0. The molecule has 0 atom stereocenters. The normalized spacial score (nSPS) is 10.4. The molecule has 11 aromatic carbocycles. The van der Waals surface area contributed by atoms with Crippen LogP contribution in [0.15, 0.2) is 383 Å². The number of fused-ring (bicyclic) bond motifs is 1. The average molecular weight is 1800 g/mol. The molecule has 17 rings (SSSR count). The summed E-state index contributed by atoms with van der Waals surface area (Å²) in [4.78, 5) is 81.3. The third-order valence-corrected chi connectivity index (χ3v) is 19.3. The van der Waals surface area contributed by atoms with E-state index in [4.69, 9.17) is 24.0 Å². The molecule has 3 amide bonds. The zero-order chi connectivity index (χ0) is 92.0. The van der Waals surface area contributed by atoms with Gasteiger partial charge in [0.05, 0.1) is 0 Å². The summed E-state index contributed by atoms with van der Waals surface area (Å²) in [7, 11) is 1.95. The molecule has 0 saturated heterocycles. The Kier molecular flexibility index (Phi) is 32.4. The Labute approximate surface area is 772 Å². The third kappa shape index (κ3) is 28.2. The van der Waals surface area contributed by atoms with Crippen LogP contribution < -0.4 is 73.0 Å². The number of hydrogen-bond acceptors (Lipinski definition) is 24. The molecule has 132 heavy (non-hydrogen) atoms. The number of rotatable bonds is 27. The van der Waals surface area contributed by atoms with Crippen LogP contribution in [0.25, 0.3) is 0 Å². The largest absolute Gasteiger partial charge is 0.457 e. The van der Waals surface area contributed by atoms with Crippen LogP contribution in [0.1, 0.15) is 22.3 Å². The van der Waals surface area contributed by atoms with Crippen molar-refractivity contribution in [1.82, 2.24) is 49.8 Å². The number of ether oxygens (including phenoxy) is 1. The molecule has 28 heteroatoms. The van der Waals surface area contributed by atoms with Crippen LogP contribution in [0.4, 0.5) is 132 Å². The summed E-state index contributed by atoms with van der Waals surface area (Å²) in [6, 6.07) is 97.5. The molecule has 0 radical (unpaired) electrons. The smallest absolute Gasteiger partial charge is 0.247 e. The predicted octanol–water partition coefficient (Wildman–Crippen LogP) is 22.7. The van der Waals surface area contributed by atoms with Gasteiger partial charge in [-0.15, -0.1) is 19.3 Å². The fourth-order valence-electron chi connectivity index (χ4n) is 12.6.